The largest absolute Gasteiger partial charge is 0.392 e. The van der Waals surface area contributed by atoms with Crippen LogP contribution in [0, 0.1) is 29.1 Å². The van der Waals surface area contributed by atoms with Gasteiger partial charge in [0, 0.05) is 24.3 Å². The number of nitrogens with one attached hydrogen (secondary N) is 1. The van der Waals surface area contributed by atoms with Gasteiger partial charge >= 0.3 is 0 Å². The van der Waals surface area contributed by atoms with Crippen LogP contribution in [0.15, 0.2) is 101 Å². The van der Waals surface area contributed by atoms with E-state index < -0.39 is 46.8 Å². The van der Waals surface area contributed by atoms with Crippen LogP contribution in [0.5, 0.6) is 0 Å². The predicted octanol–water partition coefficient (Wildman–Crippen LogP) is 9.42. The third kappa shape index (κ3) is 7.59. The molecule has 1 aromatic heterocycles. The van der Waals surface area contributed by atoms with Gasteiger partial charge in [0.15, 0.2) is 33.9 Å². The summed E-state index contributed by atoms with van der Waals surface area (Å²) < 4.78 is 84.0. The Morgan fingerprint density at radius 2 is 1.48 bits per heavy atom. The number of aliphatic hydroxyl groups excluding tert-OH is 1. The number of halogens is 5. The average molecular weight is 749 g/mol. The molecule has 1 amide bonds. The summed E-state index contributed by atoms with van der Waals surface area (Å²) in [4.78, 5) is 17.2. The van der Waals surface area contributed by atoms with Gasteiger partial charge in [-0.05, 0) is 46.0 Å². The molecule has 3 atom stereocenters. The molecule has 1 fully saturated rings. The van der Waals surface area contributed by atoms with E-state index >= 15 is 0 Å². The van der Waals surface area contributed by atoms with Crippen LogP contribution >= 0.6 is 23.1 Å². The Morgan fingerprint density at radius 1 is 0.788 bits per heavy atom. The Bertz CT molecular complexity index is 2170. The maximum absolute atomic E-state index is 14.1. The Balaban J connectivity index is 1.06. The van der Waals surface area contributed by atoms with Gasteiger partial charge in [-0.3, -0.25) is 4.79 Å². The van der Waals surface area contributed by atoms with E-state index in [0.717, 1.165) is 42.4 Å². The summed E-state index contributed by atoms with van der Waals surface area (Å²) in [6.07, 6.45) is -0.466. The fourth-order valence-electron chi connectivity index (χ4n) is 5.87. The molecule has 2 N–H and O–H groups in total. The van der Waals surface area contributed by atoms with Gasteiger partial charge in [-0.15, -0.1) is 11.3 Å². The van der Waals surface area contributed by atoms with E-state index in [1.807, 2.05) is 72.8 Å². The quantitative estimate of drug-likeness (QED) is 0.0629. The maximum atomic E-state index is 14.1. The fourth-order valence-corrected chi connectivity index (χ4v) is 7.98. The molecule has 1 saturated heterocycles. The van der Waals surface area contributed by atoms with Crippen molar-refractivity contribution in [1.29, 1.82) is 0 Å². The van der Waals surface area contributed by atoms with Crippen molar-refractivity contribution >= 4 is 39.2 Å². The van der Waals surface area contributed by atoms with E-state index in [1.165, 1.54) is 0 Å². The molecule has 13 heteroatoms. The number of carbonyl (C=O) groups excluding carboxylic acids is 1. The van der Waals surface area contributed by atoms with Crippen molar-refractivity contribution in [2.75, 3.05) is 5.75 Å². The number of hydrogen-bond donors (Lipinski definition) is 2. The molecule has 0 bridgehead atoms. The first-order chi connectivity index (χ1) is 25.2. The summed E-state index contributed by atoms with van der Waals surface area (Å²) in [5, 5.41) is 11.8. The maximum Gasteiger partial charge on any atom is 0.257 e. The van der Waals surface area contributed by atoms with Crippen LogP contribution in [0.2, 0.25) is 0 Å². The SMILES string of the molecule is O=C(NCc1cccc(-c2ccc(C3OC(CSc4nc5ccccc5s4)CC(c4ccc(CO)cc4)O3)cc2)c1)c1c(F)c(F)c(F)c(F)c1F. The second-order valence-electron chi connectivity index (χ2n) is 12.1. The van der Waals surface area contributed by atoms with Gasteiger partial charge in [0.2, 0.25) is 5.82 Å². The van der Waals surface area contributed by atoms with E-state index in [9.17, 15) is 31.9 Å². The average Bonchev–Trinajstić information content (AvgIpc) is 3.61. The zero-order valence-electron chi connectivity index (χ0n) is 27.1. The molecule has 0 saturated carbocycles. The minimum atomic E-state index is -2.33. The number of benzene rings is 5. The summed E-state index contributed by atoms with van der Waals surface area (Å²) in [5.74, 6) is -11.9. The highest BCUT2D eigenvalue weighted by Gasteiger charge is 2.33. The van der Waals surface area contributed by atoms with Crippen LogP contribution in [-0.2, 0) is 22.6 Å². The van der Waals surface area contributed by atoms with Crippen molar-refractivity contribution in [2.45, 2.75) is 42.4 Å². The molecule has 1 aliphatic rings. The third-order valence-electron chi connectivity index (χ3n) is 8.62. The van der Waals surface area contributed by atoms with Crippen molar-refractivity contribution < 1.29 is 41.3 Å². The van der Waals surface area contributed by atoms with Crippen LogP contribution < -0.4 is 5.32 Å². The van der Waals surface area contributed by atoms with E-state index in [2.05, 4.69) is 11.4 Å². The van der Waals surface area contributed by atoms with Crippen LogP contribution in [0.1, 0.15) is 51.4 Å². The number of aromatic nitrogens is 1. The first-order valence-corrected chi connectivity index (χ1v) is 18.0. The monoisotopic (exact) mass is 748 g/mol. The zero-order chi connectivity index (χ0) is 36.4. The highest BCUT2D eigenvalue weighted by Crippen LogP contribution is 2.40. The summed E-state index contributed by atoms with van der Waals surface area (Å²) in [5.41, 5.74) is 4.08. The minimum absolute atomic E-state index is 0.0543. The molecular weight excluding hydrogens is 720 g/mol. The Morgan fingerprint density at radius 3 is 2.19 bits per heavy atom. The third-order valence-corrected chi connectivity index (χ3v) is 10.9. The van der Waals surface area contributed by atoms with Gasteiger partial charge in [0.05, 0.1) is 29.0 Å². The first-order valence-electron chi connectivity index (χ1n) is 16.2. The summed E-state index contributed by atoms with van der Waals surface area (Å²) in [6.45, 7) is -0.285. The Hall–Kier alpha value is -4.66. The first kappa shape index (κ1) is 35.7. The molecule has 7 rings (SSSR count). The van der Waals surface area contributed by atoms with Crippen LogP contribution in [0.25, 0.3) is 21.3 Å². The van der Waals surface area contributed by atoms with Gasteiger partial charge in [-0.2, -0.15) is 0 Å². The Kier molecular flexibility index (Phi) is 10.7. The highest BCUT2D eigenvalue weighted by molar-refractivity contribution is 8.01. The van der Waals surface area contributed by atoms with E-state index in [4.69, 9.17) is 14.5 Å². The molecule has 2 heterocycles. The normalized spacial score (nSPS) is 17.4. The van der Waals surface area contributed by atoms with Gasteiger partial charge in [-0.1, -0.05) is 90.6 Å². The molecule has 52 heavy (non-hydrogen) atoms. The highest BCUT2D eigenvalue weighted by atomic mass is 32.2. The summed E-state index contributed by atoms with van der Waals surface area (Å²) >= 11 is 3.29. The molecule has 6 aromatic rings. The lowest BCUT2D eigenvalue weighted by Gasteiger charge is -2.36. The van der Waals surface area contributed by atoms with Crippen molar-refractivity contribution in [3.05, 3.63) is 154 Å². The van der Waals surface area contributed by atoms with E-state index in [-0.39, 0.29) is 25.4 Å². The molecule has 0 spiro atoms. The summed E-state index contributed by atoms with van der Waals surface area (Å²) in [6, 6.07) is 30.2. The van der Waals surface area contributed by atoms with Crippen molar-refractivity contribution in [1.82, 2.24) is 10.3 Å². The zero-order valence-corrected chi connectivity index (χ0v) is 28.8. The number of amides is 1. The van der Waals surface area contributed by atoms with Crippen molar-refractivity contribution in [3.63, 3.8) is 0 Å². The van der Waals surface area contributed by atoms with Crippen LogP contribution in [0.4, 0.5) is 22.0 Å². The number of thiazole rings is 1. The molecule has 266 valence electrons. The fraction of sp³-hybridized carbons (Fsp3) is 0.179. The minimum Gasteiger partial charge on any atom is -0.392 e. The molecule has 0 aliphatic carbocycles. The second kappa shape index (κ2) is 15.5. The van der Waals surface area contributed by atoms with Crippen molar-refractivity contribution in [2.24, 2.45) is 0 Å². The number of thioether (sulfide) groups is 1. The van der Waals surface area contributed by atoms with Crippen LogP contribution in [-0.4, -0.2) is 27.9 Å². The Labute approximate surface area is 303 Å². The number of para-hydroxylation sites is 1. The van der Waals surface area contributed by atoms with E-state index in [1.54, 1.807) is 41.3 Å². The van der Waals surface area contributed by atoms with Gasteiger partial charge < -0.3 is 19.9 Å². The molecule has 5 aromatic carbocycles. The van der Waals surface area contributed by atoms with Gasteiger partial charge in [0.1, 0.15) is 5.56 Å². The van der Waals surface area contributed by atoms with Gasteiger partial charge in [0.25, 0.3) is 5.91 Å². The number of carbonyl (C=O) groups is 1. The molecule has 6 nitrogen and oxygen atoms in total. The van der Waals surface area contributed by atoms with Crippen LogP contribution in [0.3, 0.4) is 0 Å². The standard InChI is InChI=1S/C39H29F5N2O4S2/c40-32-31(33(41)35(43)36(44)34(32)42)37(48)45-18-22-4-3-5-26(16-22)23-12-14-25(15-13-23)38-49-27(17-29(50-38)24-10-8-21(19-47)9-11-24)20-51-39-46-28-6-1-2-7-30(28)52-39/h1-16,27,29,38,47H,17-20H2,(H,45,48). The second-order valence-corrected chi connectivity index (χ2v) is 14.4. The topological polar surface area (TPSA) is 80.7 Å². The number of aliphatic hydroxyl groups is 1. The lowest BCUT2D eigenvalue weighted by Crippen LogP contribution is -2.31. The molecule has 0 radical (unpaired) electrons. The number of nitrogens with zero attached hydrogens (tertiary/aromatic N) is 1. The van der Waals surface area contributed by atoms with E-state index in [0.29, 0.717) is 17.7 Å². The molecule has 3 unspecified atom stereocenters. The number of rotatable bonds is 10. The number of hydrogen-bond acceptors (Lipinski definition) is 7. The summed E-state index contributed by atoms with van der Waals surface area (Å²) in [7, 11) is 0. The molecule has 1 aliphatic heterocycles. The smallest absolute Gasteiger partial charge is 0.257 e. The predicted molar refractivity (Wildman–Crippen MR) is 188 cm³/mol. The number of fused-ring (bicyclic) bond motifs is 1. The lowest BCUT2D eigenvalue weighted by atomic mass is 9.99. The number of ether oxygens (including phenoxy) is 2. The van der Waals surface area contributed by atoms with Gasteiger partial charge in [-0.25, -0.2) is 26.9 Å². The molecular formula is C39H29F5N2O4S2. The van der Waals surface area contributed by atoms with Crippen molar-refractivity contribution in [3.8, 4) is 11.1 Å². The lowest BCUT2D eigenvalue weighted by molar-refractivity contribution is -0.245.